The van der Waals surface area contributed by atoms with E-state index in [1.54, 1.807) is 0 Å². The molecule has 0 saturated heterocycles. The van der Waals surface area contributed by atoms with E-state index in [-0.39, 0.29) is 23.5 Å². The Kier molecular flexibility index (Phi) is 4.06. The van der Waals surface area contributed by atoms with E-state index >= 15 is 0 Å². The molecule has 4 aliphatic carbocycles. The molecule has 24 heavy (non-hydrogen) atoms. The van der Waals surface area contributed by atoms with Gasteiger partial charge in [-0.1, -0.05) is 0 Å². The Balaban J connectivity index is 1.64. The van der Waals surface area contributed by atoms with Crippen molar-refractivity contribution in [2.45, 2.75) is 48.9 Å². The Hall–Kier alpha value is -0.720. The number of hydrogen-bond donors (Lipinski definition) is 3. The van der Waals surface area contributed by atoms with Gasteiger partial charge in [0, 0.05) is 11.8 Å². The Morgan fingerprint density at radius 1 is 1.17 bits per heavy atom. The van der Waals surface area contributed by atoms with Crippen LogP contribution in [0, 0.1) is 17.8 Å². The summed E-state index contributed by atoms with van der Waals surface area (Å²) in [5, 5.41) is 13.0. The van der Waals surface area contributed by atoms with Crippen molar-refractivity contribution in [3.05, 3.63) is 0 Å². The average molecular weight is 372 g/mol. The highest BCUT2D eigenvalue weighted by molar-refractivity contribution is 7.86. The van der Waals surface area contributed by atoms with Crippen LogP contribution in [0.15, 0.2) is 0 Å². The number of ether oxygens (including phenoxy) is 2. The lowest BCUT2D eigenvalue weighted by atomic mass is 9.53. The van der Waals surface area contributed by atoms with E-state index in [1.807, 2.05) is 0 Å². The molecule has 4 rings (SSSR count). The molecule has 0 radical (unpaired) electrons. The zero-order valence-corrected chi connectivity index (χ0v) is 13.3. The van der Waals surface area contributed by atoms with Crippen LogP contribution in [0.4, 0.5) is 8.78 Å². The molecule has 2 unspecified atom stereocenters. The number of hydrogen-bond acceptors (Lipinski definition) is 7. The Morgan fingerprint density at radius 2 is 1.71 bits per heavy atom. The molecule has 0 aromatic rings. The van der Waals surface area contributed by atoms with E-state index in [1.165, 1.54) is 0 Å². The maximum absolute atomic E-state index is 13.5. The van der Waals surface area contributed by atoms with Crippen LogP contribution in [0.3, 0.4) is 0 Å². The minimum Gasteiger partial charge on any atom is -0.349 e. The number of rotatable bonds is 6. The second-order valence-electron chi connectivity index (χ2n) is 6.94. The van der Waals surface area contributed by atoms with Gasteiger partial charge >= 0.3 is 21.3 Å². The SMILES string of the molecule is O=C1C2CC3CC1CC(OCOC(F)(F)C(O)(O)S(=O)(=O)O)(C3)C2. The van der Waals surface area contributed by atoms with Crippen LogP contribution < -0.4 is 0 Å². The fraction of sp³-hybridized carbons (Fsp3) is 0.923. The Morgan fingerprint density at radius 3 is 2.21 bits per heavy atom. The van der Waals surface area contributed by atoms with Crippen molar-refractivity contribution in [1.82, 2.24) is 0 Å². The third kappa shape index (κ3) is 2.76. The minimum atomic E-state index is -5.91. The molecule has 138 valence electrons. The zero-order valence-electron chi connectivity index (χ0n) is 12.5. The normalized spacial score (nSPS) is 36.4. The summed E-state index contributed by atoms with van der Waals surface area (Å²) < 4.78 is 66.1. The fourth-order valence-corrected chi connectivity index (χ4v) is 4.68. The number of aliphatic hydroxyl groups is 2. The van der Waals surface area contributed by atoms with Gasteiger partial charge in [0.1, 0.15) is 5.78 Å². The molecule has 4 bridgehead atoms. The van der Waals surface area contributed by atoms with Gasteiger partial charge in [0.15, 0.2) is 6.79 Å². The summed E-state index contributed by atoms with van der Waals surface area (Å²) in [7, 11) is -5.91. The molecule has 0 heterocycles. The minimum absolute atomic E-state index is 0.163. The summed E-state index contributed by atoms with van der Waals surface area (Å²) in [5.41, 5.74) is -0.799. The van der Waals surface area contributed by atoms with E-state index in [2.05, 4.69) is 4.74 Å². The molecule has 2 atom stereocenters. The van der Waals surface area contributed by atoms with Gasteiger partial charge in [-0.15, -0.1) is 0 Å². The van der Waals surface area contributed by atoms with Crippen LogP contribution in [-0.4, -0.2) is 52.6 Å². The smallest absolute Gasteiger partial charge is 0.349 e. The summed E-state index contributed by atoms with van der Waals surface area (Å²) >= 11 is 0. The van der Waals surface area contributed by atoms with Crippen molar-refractivity contribution in [3.63, 3.8) is 0 Å². The van der Waals surface area contributed by atoms with Gasteiger partial charge in [0.25, 0.3) is 0 Å². The molecule has 4 saturated carbocycles. The second kappa shape index (κ2) is 5.39. The summed E-state index contributed by atoms with van der Waals surface area (Å²) in [4.78, 5) is 12.0. The maximum Gasteiger partial charge on any atom is 0.429 e. The first-order valence-electron chi connectivity index (χ1n) is 7.48. The molecule has 0 aliphatic heterocycles. The first-order valence-corrected chi connectivity index (χ1v) is 8.92. The standard InChI is InChI=1S/C13H18F2O8S/c14-12(15,13(17,18)24(19,20)21)23-6-22-11-3-7-1-8(4-11)10(16)9(2-7)5-11/h7-9,17-18H,1-6H2,(H,19,20,21). The molecule has 0 amide bonds. The number of alkyl halides is 2. The van der Waals surface area contributed by atoms with Crippen LogP contribution in [0.1, 0.15) is 32.1 Å². The summed E-state index contributed by atoms with van der Waals surface area (Å²) in [6.07, 6.45) is -2.12. The monoisotopic (exact) mass is 372 g/mol. The molecular formula is C13H18F2O8S. The van der Waals surface area contributed by atoms with Gasteiger partial charge in [0.05, 0.1) is 5.60 Å². The quantitative estimate of drug-likeness (QED) is 0.447. The molecule has 8 nitrogen and oxygen atoms in total. The largest absolute Gasteiger partial charge is 0.429 e. The first-order chi connectivity index (χ1) is 10.9. The molecule has 4 fully saturated rings. The lowest BCUT2D eigenvalue weighted by Crippen LogP contribution is -2.58. The molecule has 0 aromatic heterocycles. The molecule has 0 spiro atoms. The van der Waals surface area contributed by atoms with E-state index in [0.717, 1.165) is 12.8 Å². The molecule has 4 aliphatic rings. The number of carbonyl (C=O) groups excluding carboxylic acids is 1. The molecule has 0 aromatic carbocycles. The van der Waals surface area contributed by atoms with Gasteiger partial charge < -0.3 is 14.9 Å². The number of ketones is 1. The van der Waals surface area contributed by atoms with Crippen molar-refractivity contribution >= 4 is 15.9 Å². The molecular weight excluding hydrogens is 354 g/mol. The van der Waals surface area contributed by atoms with E-state index < -0.39 is 33.7 Å². The van der Waals surface area contributed by atoms with Crippen molar-refractivity contribution < 1.29 is 46.2 Å². The summed E-state index contributed by atoms with van der Waals surface area (Å²) in [6, 6.07) is 0. The van der Waals surface area contributed by atoms with Crippen molar-refractivity contribution in [2.24, 2.45) is 17.8 Å². The van der Waals surface area contributed by atoms with Gasteiger partial charge in [-0.05, 0) is 38.0 Å². The second-order valence-corrected chi connectivity index (χ2v) is 8.46. The predicted octanol–water partition coefficient (Wildman–Crippen LogP) is 0.244. The Labute approximate surface area is 136 Å². The van der Waals surface area contributed by atoms with Crippen LogP contribution in [0.25, 0.3) is 0 Å². The number of carbonyl (C=O) groups is 1. The molecule has 3 N–H and O–H groups in total. The van der Waals surface area contributed by atoms with Crippen LogP contribution in [-0.2, 0) is 24.4 Å². The number of Topliss-reactive ketones (excluding diaryl/α,β-unsaturated/α-hetero) is 1. The average Bonchev–Trinajstić information content (AvgIpc) is 2.42. The fourth-order valence-electron chi connectivity index (χ4n) is 4.32. The van der Waals surface area contributed by atoms with Crippen LogP contribution in [0.5, 0.6) is 0 Å². The Bertz CT molecular complexity index is 628. The van der Waals surface area contributed by atoms with E-state index in [0.29, 0.717) is 19.3 Å². The summed E-state index contributed by atoms with van der Waals surface area (Å²) in [5.74, 6) is 0.120. The van der Waals surface area contributed by atoms with Gasteiger partial charge in [-0.2, -0.15) is 17.2 Å². The zero-order chi connectivity index (χ0) is 18.0. The van der Waals surface area contributed by atoms with Gasteiger partial charge in [0.2, 0.25) is 0 Å². The topological polar surface area (TPSA) is 130 Å². The van der Waals surface area contributed by atoms with Gasteiger partial charge in [-0.25, -0.2) is 0 Å². The third-order valence-corrected chi connectivity index (χ3v) is 6.24. The predicted molar refractivity (Wildman–Crippen MR) is 72.0 cm³/mol. The molecule has 11 heteroatoms. The van der Waals surface area contributed by atoms with Gasteiger partial charge in [-0.3, -0.25) is 14.1 Å². The van der Waals surface area contributed by atoms with E-state index in [4.69, 9.17) is 19.5 Å². The van der Waals surface area contributed by atoms with Crippen molar-refractivity contribution in [3.8, 4) is 0 Å². The van der Waals surface area contributed by atoms with Crippen LogP contribution in [0.2, 0.25) is 0 Å². The van der Waals surface area contributed by atoms with E-state index in [9.17, 15) is 22.0 Å². The first kappa shape index (κ1) is 18.1. The number of halogens is 2. The summed E-state index contributed by atoms with van der Waals surface area (Å²) in [6.45, 7) is -1.11. The van der Waals surface area contributed by atoms with Crippen molar-refractivity contribution in [1.29, 1.82) is 0 Å². The van der Waals surface area contributed by atoms with Crippen LogP contribution >= 0.6 is 0 Å². The van der Waals surface area contributed by atoms with Crippen molar-refractivity contribution in [2.75, 3.05) is 6.79 Å². The highest BCUT2D eigenvalue weighted by Gasteiger charge is 2.64. The lowest BCUT2D eigenvalue weighted by Gasteiger charge is -2.55. The maximum atomic E-state index is 13.5. The highest BCUT2D eigenvalue weighted by Crippen LogP contribution is 2.55. The third-order valence-electron chi connectivity index (χ3n) is 5.28. The highest BCUT2D eigenvalue weighted by atomic mass is 32.2. The lowest BCUT2D eigenvalue weighted by molar-refractivity contribution is -0.387.